The molecular weight excluding hydrogens is 264 g/mol. The smallest absolute Gasteiger partial charge is 0.240 e. The highest BCUT2D eigenvalue weighted by Crippen LogP contribution is 2.26. The zero-order chi connectivity index (χ0) is 13.8. The summed E-state index contributed by atoms with van der Waals surface area (Å²) in [6, 6.07) is 9.36. The van der Waals surface area contributed by atoms with E-state index in [0.717, 1.165) is 5.56 Å². The average molecular weight is 281 g/mol. The van der Waals surface area contributed by atoms with E-state index in [1.807, 2.05) is 30.3 Å². The number of halogens is 1. The van der Waals surface area contributed by atoms with E-state index in [-0.39, 0.29) is 24.3 Å². The molecule has 1 aliphatic rings. The molecule has 0 aromatic heterocycles. The normalized spacial score (nSPS) is 21.5. The van der Waals surface area contributed by atoms with Crippen molar-refractivity contribution < 1.29 is 9.59 Å². The molecule has 0 aliphatic carbocycles. The maximum atomic E-state index is 12.2. The minimum Gasteiger partial charge on any atom is -0.354 e. The Kier molecular flexibility index (Phi) is 4.43. The maximum Gasteiger partial charge on any atom is 0.240 e. The lowest BCUT2D eigenvalue weighted by molar-refractivity contribution is -0.133. The predicted octanol–water partition coefficient (Wildman–Crippen LogP) is 1.70. The van der Waals surface area contributed by atoms with E-state index >= 15 is 0 Å². The first-order valence-corrected chi connectivity index (χ1v) is 6.79. The van der Waals surface area contributed by atoms with Gasteiger partial charge in [0.05, 0.1) is 12.5 Å². The van der Waals surface area contributed by atoms with Crippen molar-refractivity contribution >= 4 is 23.4 Å². The molecule has 102 valence electrons. The largest absolute Gasteiger partial charge is 0.354 e. The van der Waals surface area contributed by atoms with Crippen molar-refractivity contribution in [3.05, 3.63) is 35.9 Å². The van der Waals surface area contributed by atoms with Crippen LogP contribution >= 0.6 is 11.6 Å². The molecule has 0 spiro atoms. The van der Waals surface area contributed by atoms with E-state index in [9.17, 15) is 9.59 Å². The number of alkyl halides is 1. The summed E-state index contributed by atoms with van der Waals surface area (Å²) >= 11 is 5.91. The molecular formula is C14H17ClN2O2. The summed E-state index contributed by atoms with van der Waals surface area (Å²) in [5.41, 5.74) is 0.963. The fourth-order valence-corrected chi connectivity index (χ4v) is 2.42. The number of carbonyl (C=O) groups excluding carboxylic acids is 2. The summed E-state index contributed by atoms with van der Waals surface area (Å²) in [5.74, 6) is -0.168. The van der Waals surface area contributed by atoms with E-state index in [4.69, 9.17) is 11.6 Å². The standard InChI is InChI=1S/C14H17ClN2O2/c1-10(15)14(19)17-8-7-16-13(18)9-12(17)11-5-3-2-4-6-11/h2-6,10,12H,7-9H2,1H3,(H,16,18). The molecule has 1 fully saturated rings. The molecule has 1 saturated heterocycles. The van der Waals surface area contributed by atoms with Gasteiger partial charge in [0.15, 0.2) is 0 Å². The summed E-state index contributed by atoms with van der Waals surface area (Å²) < 4.78 is 0. The minimum atomic E-state index is -0.584. The van der Waals surface area contributed by atoms with Crippen molar-refractivity contribution in [1.29, 1.82) is 0 Å². The van der Waals surface area contributed by atoms with E-state index in [2.05, 4.69) is 5.32 Å². The fourth-order valence-electron chi connectivity index (χ4n) is 2.29. The van der Waals surface area contributed by atoms with Crippen LogP contribution in [0.15, 0.2) is 30.3 Å². The van der Waals surface area contributed by atoms with Gasteiger partial charge in [-0.3, -0.25) is 9.59 Å². The van der Waals surface area contributed by atoms with Crippen LogP contribution in [0.3, 0.4) is 0 Å². The Bertz CT molecular complexity index is 462. The number of hydrogen-bond donors (Lipinski definition) is 1. The number of amides is 2. The zero-order valence-corrected chi connectivity index (χ0v) is 11.6. The van der Waals surface area contributed by atoms with E-state index in [1.54, 1.807) is 11.8 Å². The molecule has 1 aliphatic heterocycles. The van der Waals surface area contributed by atoms with Crippen LogP contribution in [0.2, 0.25) is 0 Å². The number of carbonyl (C=O) groups is 2. The quantitative estimate of drug-likeness (QED) is 0.839. The van der Waals surface area contributed by atoms with Gasteiger partial charge in [0, 0.05) is 13.1 Å². The Morgan fingerprint density at radius 3 is 2.74 bits per heavy atom. The van der Waals surface area contributed by atoms with E-state index in [1.165, 1.54) is 0 Å². The van der Waals surface area contributed by atoms with Crippen molar-refractivity contribution in [3.63, 3.8) is 0 Å². The number of rotatable bonds is 2. The predicted molar refractivity (Wildman–Crippen MR) is 73.8 cm³/mol. The lowest BCUT2D eigenvalue weighted by Crippen LogP contribution is -2.40. The average Bonchev–Trinajstić information content (AvgIpc) is 2.60. The third-order valence-electron chi connectivity index (χ3n) is 3.24. The third-order valence-corrected chi connectivity index (χ3v) is 3.42. The lowest BCUT2D eigenvalue weighted by Gasteiger charge is -2.30. The number of nitrogens with zero attached hydrogens (tertiary/aromatic N) is 1. The van der Waals surface area contributed by atoms with Gasteiger partial charge in [-0.2, -0.15) is 0 Å². The SMILES string of the molecule is CC(Cl)C(=O)N1CCNC(=O)CC1c1ccccc1. The van der Waals surface area contributed by atoms with Crippen LogP contribution in [0.25, 0.3) is 0 Å². The third kappa shape index (κ3) is 3.26. The second-order valence-corrected chi connectivity index (χ2v) is 5.28. The van der Waals surface area contributed by atoms with Crippen LogP contribution in [-0.2, 0) is 9.59 Å². The van der Waals surface area contributed by atoms with Gasteiger partial charge in [0.1, 0.15) is 5.38 Å². The van der Waals surface area contributed by atoms with Gasteiger partial charge in [0.2, 0.25) is 11.8 Å². The Balaban J connectivity index is 2.31. The highest BCUT2D eigenvalue weighted by Gasteiger charge is 2.31. The van der Waals surface area contributed by atoms with E-state index < -0.39 is 5.38 Å². The molecule has 5 heteroatoms. The van der Waals surface area contributed by atoms with Crippen LogP contribution in [0.1, 0.15) is 24.9 Å². The monoisotopic (exact) mass is 280 g/mol. The molecule has 2 atom stereocenters. The lowest BCUT2D eigenvalue weighted by atomic mass is 10.0. The molecule has 2 unspecified atom stereocenters. The van der Waals surface area contributed by atoms with E-state index in [0.29, 0.717) is 13.1 Å². The second kappa shape index (κ2) is 6.06. The van der Waals surface area contributed by atoms with Crippen molar-refractivity contribution in [2.75, 3.05) is 13.1 Å². The highest BCUT2D eigenvalue weighted by molar-refractivity contribution is 6.30. The molecule has 1 heterocycles. The maximum absolute atomic E-state index is 12.2. The van der Waals surface area contributed by atoms with Gasteiger partial charge < -0.3 is 10.2 Å². The van der Waals surface area contributed by atoms with Crippen LogP contribution in [-0.4, -0.2) is 35.2 Å². The van der Waals surface area contributed by atoms with Gasteiger partial charge >= 0.3 is 0 Å². The minimum absolute atomic E-state index is 0.0358. The Morgan fingerprint density at radius 1 is 1.42 bits per heavy atom. The molecule has 1 aromatic rings. The fraction of sp³-hybridized carbons (Fsp3) is 0.429. The van der Waals surface area contributed by atoms with Gasteiger partial charge in [-0.05, 0) is 12.5 Å². The Labute approximate surface area is 117 Å². The van der Waals surface area contributed by atoms with Gasteiger partial charge in [-0.15, -0.1) is 11.6 Å². The summed E-state index contributed by atoms with van der Waals surface area (Å²) in [6.45, 7) is 2.62. The van der Waals surface area contributed by atoms with Crippen LogP contribution in [0.4, 0.5) is 0 Å². The summed E-state index contributed by atoms with van der Waals surface area (Å²) in [4.78, 5) is 25.6. The Morgan fingerprint density at radius 2 is 2.11 bits per heavy atom. The number of hydrogen-bond acceptors (Lipinski definition) is 2. The topological polar surface area (TPSA) is 49.4 Å². The molecule has 0 radical (unpaired) electrons. The van der Waals surface area contributed by atoms with Crippen molar-refractivity contribution in [3.8, 4) is 0 Å². The number of benzene rings is 1. The van der Waals surface area contributed by atoms with Crippen LogP contribution in [0.5, 0.6) is 0 Å². The van der Waals surface area contributed by atoms with Crippen LogP contribution < -0.4 is 5.32 Å². The van der Waals surface area contributed by atoms with Crippen LogP contribution in [0, 0.1) is 0 Å². The molecule has 1 N–H and O–H groups in total. The molecule has 2 amide bonds. The highest BCUT2D eigenvalue weighted by atomic mass is 35.5. The Hall–Kier alpha value is -1.55. The first-order chi connectivity index (χ1) is 9.09. The summed E-state index contributed by atoms with van der Waals surface area (Å²) in [6.07, 6.45) is 0.277. The molecule has 0 bridgehead atoms. The molecule has 4 nitrogen and oxygen atoms in total. The summed E-state index contributed by atoms with van der Waals surface area (Å²) in [5, 5.41) is 2.21. The van der Waals surface area contributed by atoms with Crippen molar-refractivity contribution in [1.82, 2.24) is 10.2 Å². The second-order valence-electron chi connectivity index (χ2n) is 4.63. The van der Waals surface area contributed by atoms with Crippen molar-refractivity contribution in [2.24, 2.45) is 0 Å². The van der Waals surface area contributed by atoms with Gasteiger partial charge in [-0.1, -0.05) is 30.3 Å². The zero-order valence-electron chi connectivity index (χ0n) is 10.8. The van der Waals surface area contributed by atoms with Crippen molar-refractivity contribution in [2.45, 2.75) is 24.8 Å². The molecule has 1 aromatic carbocycles. The molecule has 2 rings (SSSR count). The molecule has 19 heavy (non-hydrogen) atoms. The first-order valence-electron chi connectivity index (χ1n) is 6.36. The van der Waals surface area contributed by atoms with Gasteiger partial charge in [0.25, 0.3) is 0 Å². The number of nitrogens with one attached hydrogen (secondary N) is 1. The molecule has 0 saturated carbocycles. The first kappa shape index (κ1) is 13.9. The summed E-state index contributed by atoms with van der Waals surface area (Å²) in [7, 11) is 0. The van der Waals surface area contributed by atoms with Gasteiger partial charge in [-0.25, -0.2) is 0 Å².